The molecule has 9 heteroatoms. The van der Waals surface area contributed by atoms with Gasteiger partial charge in [0, 0.05) is 29.4 Å². The first-order valence-electron chi connectivity index (χ1n) is 12.5. The fraction of sp³-hybridized carbons (Fsp3) is 0.379. The minimum absolute atomic E-state index is 0.228. The smallest absolute Gasteiger partial charge is 0.410 e. The lowest BCUT2D eigenvalue weighted by Crippen LogP contribution is -2.37. The normalized spacial score (nSPS) is 11.5. The van der Waals surface area contributed by atoms with Crippen LogP contribution in [-0.2, 0) is 11.3 Å². The quantitative estimate of drug-likeness (QED) is 0.175. The Kier molecular flexibility index (Phi) is 8.16. The van der Waals surface area contributed by atoms with Gasteiger partial charge in [0.1, 0.15) is 16.9 Å². The molecule has 4 rings (SSSR count). The van der Waals surface area contributed by atoms with Gasteiger partial charge in [-0.15, -0.1) is 11.3 Å². The second-order valence-corrected chi connectivity index (χ2v) is 11.3. The molecule has 4 aromatic rings. The molecule has 38 heavy (non-hydrogen) atoms. The molecule has 1 aromatic carbocycles. The van der Waals surface area contributed by atoms with E-state index in [1.165, 1.54) is 11.3 Å². The van der Waals surface area contributed by atoms with Gasteiger partial charge in [-0.3, -0.25) is 9.78 Å². The van der Waals surface area contributed by atoms with Gasteiger partial charge in [-0.1, -0.05) is 12.1 Å². The lowest BCUT2D eigenvalue weighted by Gasteiger charge is -2.27. The first-order valence-corrected chi connectivity index (χ1v) is 13.4. The molecular formula is C29H33N3O5S. The van der Waals surface area contributed by atoms with E-state index in [1.807, 2.05) is 71.9 Å². The number of pyridine rings is 1. The zero-order chi connectivity index (χ0) is 27.4. The van der Waals surface area contributed by atoms with Gasteiger partial charge >= 0.3 is 6.09 Å². The van der Waals surface area contributed by atoms with Gasteiger partial charge in [0.2, 0.25) is 0 Å². The average Bonchev–Trinajstić information content (AvgIpc) is 3.39. The lowest BCUT2D eigenvalue weighted by atomic mass is 10.1. The van der Waals surface area contributed by atoms with Crippen molar-refractivity contribution in [2.75, 3.05) is 13.2 Å². The first kappa shape index (κ1) is 27.3. The van der Waals surface area contributed by atoms with Crippen LogP contribution in [0.15, 0.2) is 47.1 Å². The van der Waals surface area contributed by atoms with E-state index < -0.39 is 5.60 Å². The van der Waals surface area contributed by atoms with Gasteiger partial charge in [-0.05, 0) is 71.7 Å². The molecule has 0 radical (unpaired) electrons. The van der Waals surface area contributed by atoms with Crippen LogP contribution in [0.3, 0.4) is 0 Å². The van der Waals surface area contributed by atoms with E-state index in [4.69, 9.17) is 13.9 Å². The Morgan fingerprint density at radius 3 is 2.55 bits per heavy atom. The molecule has 0 aliphatic carbocycles. The van der Waals surface area contributed by atoms with Crippen molar-refractivity contribution >= 4 is 34.2 Å². The summed E-state index contributed by atoms with van der Waals surface area (Å²) in [7, 11) is 0. The maximum atomic E-state index is 13.1. The Bertz CT molecular complexity index is 1420. The van der Waals surface area contributed by atoms with Crippen LogP contribution in [0.1, 0.15) is 64.5 Å². The summed E-state index contributed by atoms with van der Waals surface area (Å²) in [6.07, 6.45) is 3.63. The molecule has 0 spiro atoms. The minimum Gasteiger partial charge on any atom is -0.493 e. The van der Waals surface area contributed by atoms with Crippen LogP contribution in [0, 0.1) is 20.8 Å². The molecule has 3 heterocycles. The van der Waals surface area contributed by atoms with E-state index in [-0.39, 0.29) is 17.6 Å². The van der Waals surface area contributed by atoms with Crippen molar-refractivity contribution in [3.63, 3.8) is 0 Å². The number of carbonyl (C=O) groups excluding carboxylic acids is 2. The zero-order valence-corrected chi connectivity index (χ0v) is 23.5. The Morgan fingerprint density at radius 2 is 1.89 bits per heavy atom. The van der Waals surface area contributed by atoms with Crippen LogP contribution in [0.5, 0.6) is 5.75 Å². The monoisotopic (exact) mass is 535 g/mol. The number of aromatic nitrogens is 2. The predicted octanol–water partition coefficient (Wildman–Crippen LogP) is 6.65. The number of aryl methyl sites for hydroxylation is 3. The van der Waals surface area contributed by atoms with Crippen molar-refractivity contribution in [2.24, 2.45) is 0 Å². The molecule has 8 nitrogen and oxygen atoms in total. The second kappa shape index (κ2) is 11.3. The molecule has 0 unspecified atom stereocenters. The summed E-state index contributed by atoms with van der Waals surface area (Å²) in [5.74, 6) is 0.678. The van der Waals surface area contributed by atoms with Gasteiger partial charge in [-0.2, -0.15) is 0 Å². The number of ether oxygens (including phenoxy) is 2. The average molecular weight is 536 g/mol. The Labute approximate surface area is 226 Å². The second-order valence-electron chi connectivity index (χ2n) is 10.1. The van der Waals surface area contributed by atoms with Crippen LogP contribution in [0.25, 0.3) is 11.0 Å². The fourth-order valence-corrected chi connectivity index (χ4v) is 4.83. The molecule has 0 saturated carbocycles. The zero-order valence-electron chi connectivity index (χ0n) is 22.7. The van der Waals surface area contributed by atoms with E-state index in [1.54, 1.807) is 17.3 Å². The number of rotatable bonds is 9. The molecule has 200 valence electrons. The van der Waals surface area contributed by atoms with Crippen molar-refractivity contribution in [3.05, 3.63) is 75.2 Å². The number of nitrogens with zero attached hydrogens (tertiary/aromatic N) is 3. The number of ketones is 1. The van der Waals surface area contributed by atoms with Crippen LogP contribution in [0.2, 0.25) is 0 Å². The van der Waals surface area contributed by atoms with Crippen LogP contribution in [0.4, 0.5) is 4.79 Å². The van der Waals surface area contributed by atoms with Gasteiger partial charge < -0.3 is 18.8 Å². The fourth-order valence-electron chi connectivity index (χ4n) is 3.98. The standard InChI is InChI=1S/C29H33N3O5S/c1-18-24-22(11-7-12-23(24)36-26(18)25(33)27-31-19(2)20(3)38-27)35-15-9-14-32(28(34)37-29(4,5)6)17-21-10-8-13-30-16-21/h7-8,10-13,16H,9,14-15,17H2,1-6H3. The Balaban J connectivity index is 1.46. The summed E-state index contributed by atoms with van der Waals surface area (Å²) in [6, 6.07) is 9.29. The number of fused-ring (bicyclic) bond motifs is 1. The summed E-state index contributed by atoms with van der Waals surface area (Å²) in [5, 5.41) is 1.18. The maximum absolute atomic E-state index is 13.1. The summed E-state index contributed by atoms with van der Waals surface area (Å²) in [4.78, 5) is 37.2. The number of hydrogen-bond acceptors (Lipinski definition) is 8. The highest BCUT2D eigenvalue weighted by atomic mass is 32.1. The molecule has 3 aromatic heterocycles. The predicted molar refractivity (Wildman–Crippen MR) is 147 cm³/mol. The summed E-state index contributed by atoms with van der Waals surface area (Å²) in [6.45, 7) is 12.4. The summed E-state index contributed by atoms with van der Waals surface area (Å²) in [5.41, 5.74) is 2.47. The van der Waals surface area contributed by atoms with Gasteiger partial charge in [-0.25, -0.2) is 9.78 Å². The third-order valence-electron chi connectivity index (χ3n) is 5.92. The third kappa shape index (κ3) is 6.39. The minimum atomic E-state index is -0.597. The lowest BCUT2D eigenvalue weighted by molar-refractivity contribution is 0.0225. The molecule has 0 aliphatic rings. The topological polar surface area (TPSA) is 94.8 Å². The van der Waals surface area contributed by atoms with Crippen LogP contribution < -0.4 is 4.74 Å². The molecule has 0 N–H and O–H groups in total. The molecular weight excluding hydrogens is 502 g/mol. The van der Waals surface area contributed by atoms with E-state index in [2.05, 4.69) is 9.97 Å². The molecule has 0 saturated heterocycles. The number of hydrogen-bond donors (Lipinski definition) is 0. The highest BCUT2D eigenvalue weighted by molar-refractivity contribution is 7.13. The molecule has 0 fully saturated rings. The largest absolute Gasteiger partial charge is 0.493 e. The SMILES string of the molecule is Cc1nc(C(=O)c2oc3cccc(OCCCN(Cc4cccnc4)C(=O)OC(C)(C)C)c3c2C)sc1C. The van der Waals surface area contributed by atoms with Crippen molar-refractivity contribution in [1.29, 1.82) is 0 Å². The van der Waals surface area contributed by atoms with Gasteiger partial charge in [0.15, 0.2) is 10.8 Å². The van der Waals surface area contributed by atoms with Gasteiger partial charge in [0.05, 0.1) is 24.2 Å². The van der Waals surface area contributed by atoms with Crippen molar-refractivity contribution < 1.29 is 23.5 Å². The molecule has 0 atom stereocenters. The number of thiazole rings is 1. The van der Waals surface area contributed by atoms with Crippen LogP contribution in [-0.4, -0.2) is 45.5 Å². The molecule has 0 bridgehead atoms. The summed E-state index contributed by atoms with van der Waals surface area (Å²) < 4.78 is 17.7. The maximum Gasteiger partial charge on any atom is 0.410 e. The van der Waals surface area contributed by atoms with E-state index >= 15 is 0 Å². The number of amides is 1. The summed E-state index contributed by atoms with van der Waals surface area (Å²) >= 11 is 1.37. The van der Waals surface area contributed by atoms with Crippen LogP contribution >= 0.6 is 11.3 Å². The van der Waals surface area contributed by atoms with E-state index in [9.17, 15) is 9.59 Å². The van der Waals surface area contributed by atoms with Crippen molar-refractivity contribution in [3.8, 4) is 5.75 Å². The number of benzene rings is 1. The van der Waals surface area contributed by atoms with Crippen molar-refractivity contribution in [2.45, 2.75) is 60.1 Å². The van der Waals surface area contributed by atoms with Crippen molar-refractivity contribution in [1.82, 2.24) is 14.9 Å². The molecule has 0 aliphatic heterocycles. The van der Waals surface area contributed by atoms with E-state index in [0.29, 0.717) is 42.5 Å². The number of carbonyl (C=O) groups is 2. The van der Waals surface area contributed by atoms with E-state index in [0.717, 1.165) is 27.1 Å². The first-order chi connectivity index (χ1) is 18.0. The highest BCUT2D eigenvalue weighted by Gasteiger charge is 2.25. The Morgan fingerprint density at radius 1 is 1.11 bits per heavy atom. The molecule has 1 amide bonds. The van der Waals surface area contributed by atoms with Gasteiger partial charge in [0.25, 0.3) is 5.78 Å². The highest BCUT2D eigenvalue weighted by Crippen LogP contribution is 2.35. The number of furan rings is 1. The Hall–Kier alpha value is -3.72. The third-order valence-corrected chi connectivity index (χ3v) is 6.99.